The van der Waals surface area contributed by atoms with Gasteiger partial charge in [0.15, 0.2) is 0 Å². The van der Waals surface area contributed by atoms with Gasteiger partial charge in [-0.1, -0.05) is 0 Å². The predicted octanol–water partition coefficient (Wildman–Crippen LogP) is 0.588. The lowest BCUT2D eigenvalue weighted by atomic mass is 10.3. The summed E-state index contributed by atoms with van der Waals surface area (Å²) in [7, 11) is 1.92. The van der Waals surface area contributed by atoms with Crippen LogP contribution in [0, 0.1) is 0 Å². The Balaban J connectivity index is 2.52. The van der Waals surface area contributed by atoms with Crippen molar-refractivity contribution in [1.82, 2.24) is 9.88 Å². The van der Waals surface area contributed by atoms with E-state index in [4.69, 9.17) is 5.11 Å². The van der Waals surface area contributed by atoms with E-state index >= 15 is 0 Å². The minimum Gasteiger partial charge on any atom is -0.392 e. The highest BCUT2D eigenvalue weighted by atomic mass is 16.3. The second kappa shape index (κ2) is 4.28. The van der Waals surface area contributed by atoms with Crippen molar-refractivity contribution < 1.29 is 5.11 Å². The maximum absolute atomic E-state index is 9.11. The van der Waals surface area contributed by atoms with E-state index in [-0.39, 0.29) is 6.10 Å². The van der Waals surface area contributed by atoms with Gasteiger partial charge >= 0.3 is 0 Å². The van der Waals surface area contributed by atoms with E-state index in [9.17, 15) is 0 Å². The fourth-order valence-corrected chi connectivity index (χ4v) is 1.22. The van der Waals surface area contributed by atoms with E-state index in [2.05, 4.69) is 11.4 Å². The van der Waals surface area contributed by atoms with Crippen molar-refractivity contribution in [3.8, 4) is 0 Å². The average molecular weight is 168 g/mol. The van der Waals surface area contributed by atoms with Crippen LogP contribution in [0.15, 0.2) is 18.5 Å². The van der Waals surface area contributed by atoms with Crippen LogP contribution in [-0.4, -0.2) is 22.8 Å². The van der Waals surface area contributed by atoms with Crippen molar-refractivity contribution >= 4 is 0 Å². The van der Waals surface area contributed by atoms with Gasteiger partial charge in [-0.05, 0) is 25.6 Å². The molecule has 1 heterocycles. The number of hydrogen-bond acceptors (Lipinski definition) is 2. The minimum atomic E-state index is -0.278. The van der Waals surface area contributed by atoms with E-state index in [0.717, 1.165) is 6.54 Å². The monoisotopic (exact) mass is 168 g/mol. The Morgan fingerprint density at radius 2 is 2.42 bits per heavy atom. The summed E-state index contributed by atoms with van der Waals surface area (Å²) in [5.41, 5.74) is 1.25. The van der Waals surface area contributed by atoms with Gasteiger partial charge < -0.3 is 15.0 Å². The van der Waals surface area contributed by atoms with Crippen LogP contribution in [0.5, 0.6) is 0 Å². The average Bonchev–Trinajstić information content (AvgIpc) is 2.36. The minimum absolute atomic E-state index is 0.278. The van der Waals surface area contributed by atoms with Gasteiger partial charge in [0, 0.05) is 25.5 Å². The molecule has 0 bridgehead atoms. The summed E-state index contributed by atoms with van der Waals surface area (Å²) < 4.78 is 2.00. The molecule has 0 fully saturated rings. The molecule has 0 saturated heterocycles. The second-order valence-corrected chi connectivity index (χ2v) is 3.10. The molecule has 0 aliphatic heterocycles. The Kier molecular flexibility index (Phi) is 3.31. The topological polar surface area (TPSA) is 37.2 Å². The molecule has 2 N–H and O–H groups in total. The molecule has 0 aliphatic rings. The van der Waals surface area contributed by atoms with E-state index in [1.54, 1.807) is 6.92 Å². The smallest absolute Gasteiger partial charge is 0.0690 e. The molecule has 0 radical (unpaired) electrons. The lowest BCUT2D eigenvalue weighted by Crippen LogP contribution is -2.10. The van der Waals surface area contributed by atoms with Crippen LogP contribution in [0.25, 0.3) is 0 Å². The quantitative estimate of drug-likeness (QED) is 0.690. The third kappa shape index (κ3) is 2.68. The first-order chi connectivity index (χ1) is 5.72. The number of aliphatic hydroxyl groups is 1. The summed E-state index contributed by atoms with van der Waals surface area (Å²) in [6.07, 6.45) is 3.75. The zero-order valence-corrected chi connectivity index (χ0v) is 7.62. The summed E-state index contributed by atoms with van der Waals surface area (Å²) in [6.45, 7) is 3.34. The molecule has 3 nitrogen and oxygen atoms in total. The summed E-state index contributed by atoms with van der Waals surface area (Å²) >= 11 is 0. The highest BCUT2D eigenvalue weighted by molar-refractivity contribution is 5.09. The van der Waals surface area contributed by atoms with Crippen molar-refractivity contribution in [3.05, 3.63) is 24.0 Å². The van der Waals surface area contributed by atoms with Crippen molar-refractivity contribution in [1.29, 1.82) is 0 Å². The zero-order valence-electron chi connectivity index (χ0n) is 7.62. The van der Waals surface area contributed by atoms with E-state index in [1.807, 2.05) is 24.0 Å². The Labute approximate surface area is 73.0 Å². The van der Waals surface area contributed by atoms with Crippen LogP contribution >= 0.6 is 0 Å². The molecule has 12 heavy (non-hydrogen) atoms. The van der Waals surface area contributed by atoms with Crippen molar-refractivity contribution in [2.45, 2.75) is 26.1 Å². The number of nitrogens with zero attached hydrogens (tertiary/aromatic N) is 1. The molecule has 1 aromatic heterocycles. The lowest BCUT2D eigenvalue weighted by molar-refractivity contribution is 0.173. The highest BCUT2D eigenvalue weighted by Gasteiger charge is 1.98. The molecule has 68 valence electrons. The maximum Gasteiger partial charge on any atom is 0.0690 e. The lowest BCUT2D eigenvalue weighted by Gasteiger charge is -2.04. The van der Waals surface area contributed by atoms with Crippen molar-refractivity contribution in [3.63, 3.8) is 0 Å². The first kappa shape index (κ1) is 9.29. The van der Waals surface area contributed by atoms with Gasteiger partial charge in [0.25, 0.3) is 0 Å². The van der Waals surface area contributed by atoms with Crippen LogP contribution in [0.1, 0.15) is 12.5 Å². The molecule has 0 aromatic carbocycles. The van der Waals surface area contributed by atoms with E-state index in [0.29, 0.717) is 6.54 Å². The molecule has 1 aromatic rings. The summed E-state index contributed by atoms with van der Waals surface area (Å²) in [5.74, 6) is 0. The Hall–Kier alpha value is -0.800. The fraction of sp³-hybridized carbons (Fsp3) is 0.556. The zero-order chi connectivity index (χ0) is 8.97. The van der Waals surface area contributed by atoms with Gasteiger partial charge in [0.05, 0.1) is 6.10 Å². The van der Waals surface area contributed by atoms with E-state index in [1.165, 1.54) is 5.56 Å². The number of hydrogen-bond donors (Lipinski definition) is 2. The van der Waals surface area contributed by atoms with E-state index < -0.39 is 0 Å². The SMILES string of the molecule is CNCc1ccn(CC(C)O)c1. The van der Waals surface area contributed by atoms with Gasteiger partial charge in [0.1, 0.15) is 0 Å². The first-order valence-corrected chi connectivity index (χ1v) is 4.19. The Morgan fingerprint density at radius 1 is 1.67 bits per heavy atom. The van der Waals surface area contributed by atoms with Gasteiger partial charge in [-0.3, -0.25) is 0 Å². The third-order valence-electron chi connectivity index (χ3n) is 1.67. The molecule has 1 atom stereocenters. The number of aliphatic hydroxyl groups excluding tert-OH is 1. The molecule has 1 unspecified atom stereocenters. The Morgan fingerprint density at radius 3 is 3.00 bits per heavy atom. The molecule has 0 saturated carbocycles. The molecule has 3 heteroatoms. The summed E-state index contributed by atoms with van der Waals surface area (Å²) in [6, 6.07) is 2.05. The standard InChI is InChI=1S/C9H16N2O/c1-8(12)6-11-4-3-9(7-11)5-10-2/h3-4,7-8,10,12H,5-6H2,1-2H3. The molecule has 0 aliphatic carbocycles. The van der Waals surface area contributed by atoms with Gasteiger partial charge in [0.2, 0.25) is 0 Å². The van der Waals surface area contributed by atoms with Gasteiger partial charge in [-0.15, -0.1) is 0 Å². The van der Waals surface area contributed by atoms with Gasteiger partial charge in [-0.25, -0.2) is 0 Å². The van der Waals surface area contributed by atoms with Crippen molar-refractivity contribution in [2.24, 2.45) is 0 Å². The Bertz CT molecular complexity index is 230. The molecular weight excluding hydrogens is 152 g/mol. The summed E-state index contributed by atoms with van der Waals surface area (Å²) in [4.78, 5) is 0. The number of rotatable bonds is 4. The summed E-state index contributed by atoms with van der Waals surface area (Å²) in [5, 5.41) is 12.2. The number of aromatic nitrogens is 1. The first-order valence-electron chi connectivity index (χ1n) is 4.19. The van der Waals surface area contributed by atoms with Crippen LogP contribution in [0.4, 0.5) is 0 Å². The van der Waals surface area contributed by atoms with Crippen LogP contribution in [0.2, 0.25) is 0 Å². The van der Waals surface area contributed by atoms with Gasteiger partial charge in [-0.2, -0.15) is 0 Å². The molecular formula is C9H16N2O. The van der Waals surface area contributed by atoms with Crippen molar-refractivity contribution in [2.75, 3.05) is 7.05 Å². The molecule has 0 spiro atoms. The van der Waals surface area contributed by atoms with Crippen LogP contribution in [-0.2, 0) is 13.1 Å². The molecule has 0 amide bonds. The second-order valence-electron chi connectivity index (χ2n) is 3.10. The molecule has 1 rings (SSSR count). The number of nitrogens with one attached hydrogen (secondary N) is 1. The maximum atomic E-state index is 9.11. The highest BCUT2D eigenvalue weighted by Crippen LogP contribution is 2.01. The third-order valence-corrected chi connectivity index (χ3v) is 1.67. The fourth-order valence-electron chi connectivity index (χ4n) is 1.22. The normalized spacial score (nSPS) is 13.2. The van der Waals surface area contributed by atoms with Crippen LogP contribution < -0.4 is 5.32 Å². The largest absolute Gasteiger partial charge is 0.392 e. The predicted molar refractivity (Wildman–Crippen MR) is 48.9 cm³/mol. The van der Waals surface area contributed by atoms with Crippen LogP contribution in [0.3, 0.4) is 0 Å².